The third-order valence-electron chi connectivity index (χ3n) is 1.96. The Kier molecular flexibility index (Phi) is 5.02. The summed E-state index contributed by atoms with van der Waals surface area (Å²) in [5, 5.41) is 0. The van der Waals surface area contributed by atoms with Gasteiger partial charge in [-0.1, -0.05) is 35.1 Å². The van der Waals surface area contributed by atoms with Crippen molar-refractivity contribution >= 4 is 33.1 Å². The van der Waals surface area contributed by atoms with E-state index in [0.717, 1.165) is 10.9 Å². The molecule has 1 aromatic rings. The molecule has 2 N–H and O–H groups in total. The second kappa shape index (κ2) is 6.06. The number of benzene rings is 1. The van der Waals surface area contributed by atoms with Crippen LogP contribution in [0.1, 0.15) is 18.9 Å². The number of methoxy groups -OCH3 is 1. The molecule has 88 valence electrons. The van der Waals surface area contributed by atoms with Crippen molar-refractivity contribution in [1.82, 2.24) is 0 Å². The number of nitrogens with two attached hydrogens (primary N) is 1. The number of thiocarbonyl (C=S) groups is 1. The highest BCUT2D eigenvalue weighted by atomic mass is 79.9. The van der Waals surface area contributed by atoms with Crippen LogP contribution in [0.5, 0.6) is 11.5 Å². The number of hydrogen-bond donors (Lipinski definition) is 1. The standard InChI is InChI=1S/C11H14BrNO2S/c1-3-4-15-10-8(11(13)16)5-7(12)6-9(10)14-2/h5-6H,3-4H2,1-2H3,(H2,13,16). The van der Waals surface area contributed by atoms with E-state index in [1.54, 1.807) is 7.11 Å². The second-order valence-corrected chi connectivity index (χ2v) is 4.55. The van der Waals surface area contributed by atoms with Gasteiger partial charge in [0.05, 0.1) is 19.3 Å². The lowest BCUT2D eigenvalue weighted by atomic mass is 10.2. The van der Waals surface area contributed by atoms with Gasteiger partial charge in [0.25, 0.3) is 0 Å². The number of ether oxygens (including phenoxy) is 2. The third kappa shape index (κ3) is 3.09. The first-order chi connectivity index (χ1) is 7.60. The van der Waals surface area contributed by atoms with Crippen LogP contribution >= 0.6 is 28.1 Å². The molecule has 0 heterocycles. The van der Waals surface area contributed by atoms with Crippen molar-refractivity contribution in [2.45, 2.75) is 13.3 Å². The number of halogens is 1. The lowest BCUT2D eigenvalue weighted by Crippen LogP contribution is -2.13. The quantitative estimate of drug-likeness (QED) is 0.850. The van der Waals surface area contributed by atoms with Crippen molar-refractivity contribution in [3.8, 4) is 11.5 Å². The molecule has 0 saturated heterocycles. The van der Waals surface area contributed by atoms with E-state index >= 15 is 0 Å². The Morgan fingerprint density at radius 1 is 1.50 bits per heavy atom. The molecule has 0 aliphatic heterocycles. The van der Waals surface area contributed by atoms with Gasteiger partial charge in [0.2, 0.25) is 0 Å². The van der Waals surface area contributed by atoms with Crippen LogP contribution in [-0.4, -0.2) is 18.7 Å². The summed E-state index contributed by atoms with van der Waals surface area (Å²) >= 11 is 8.36. The molecule has 0 atom stereocenters. The molecule has 0 aliphatic carbocycles. The minimum atomic E-state index is 0.297. The smallest absolute Gasteiger partial charge is 0.171 e. The van der Waals surface area contributed by atoms with Gasteiger partial charge in [0.15, 0.2) is 11.5 Å². The van der Waals surface area contributed by atoms with Crippen LogP contribution in [0, 0.1) is 0 Å². The highest BCUT2D eigenvalue weighted by Crippen LogP contribution is 2.34. The van der Waals surface area contributed by atoms with Crippen molar-refractivity contribution in [1.29, 1.82) is 0 Å². The summed E-state index contributed by atoms with van der Waals surface area (Å²) in [6.45, 7) is 2.64. The number of rotatable bonds is 5. The molecule has 0 amide bonds. The second-order valence-electron chi connectivity index (χ2n) is 3.20. The van der Waals surface area contributed by atoms with Gasteiger partial charge in [-0.3, -0.25) is 0 Å². The fourth-order valence-corrected chi connectivity index (χ4v) is 1.84. The van der Waals surface area contributed by atoms with E-state index in [1.165, 1.54) is 0 Å². The highest BCUT2D eigenvalue weighted by molar-refractivity contribution is 9.10. The van der Waals surface area contributed by atoms with Crippen molar-refractivity contribution in [2.75, 3.05) is 13.7 Å². The van der Waals surface area contributed by atoms with Crippen LogP contribution in [0.2, 0.25) is 0 Å². The predicted molar refractivity (Wildman–Crippen MR) is 72.4 cm³/mol. The Bertz CT molecular complexity index is 396. The monoisotopic (exact) mass is 303 g/mol. The van der Waals surface area contributed by atoms with E-state index in [4.69, 9.17) is 27.4 Å². The van der Waals surface area contributed by atoms with Crippen molar-refractivity contribution < 1.29 is 9.47 Å². The summed E-state index contributed by atoms with van der Waals surface area (Å²) in [5.74, 6) is 1.24. The van der Waals surface area contributed by atoms with Gasteiger partial charge in [0, 0.05) is 4.47 Å². The summed E-state index contributed by atoms with van der Waals surface area (Å²) in [5.41, 5.74) is 6.34. The molecule has 0 aliphatic rings. The molecular formula is C11H14BrNO2S. The summed E-state index contributed by atoms with van der Waals surface area (Å²) in [6, 6.07) is 3.66. The highest BCUT2D eigenvalue weighted by Gasteiger charge is 2.14. The summed E-state index contributed by atoms with van der Waals surface area (Å²) in [6.07, 6.45) is 0.913. The lowest BCUT2D eigenvalue weighted by Gasteiger charge is -2.14. The zero-order valence-electron chi connectivity index (χ0n) is 9.25. The largest absolute Gasteiger partial charge is 0.493 e. The van der Waals surface area contributed by atoms with Gasteiger partial charge in [-0.25, -0.2) is 0 Å². The van der Waals surface area contributed by atoms with Crippen LogP contribution in [0.25, 0.3) is 0 Å². The average molecular weight is 304 g/mol. The Hall–Kier alpha value is -0.810. The van der Waals surface area contributed by atoms with Gasteiger partial charge in [0.1, 0.15) is 4.99 Å². The lowest BCUT2D eigenvalue weighted by molar-refractivity contribution is 0.293. The minimum absolute atomic E-state index is 0.297. The Morgan fingerprint density at radius 3 is 2.69 bits per heavy atom. The molecule has 1 aromatic carbocycles. The first-order valence-corrected chi connectivity index (χ1v) is 6.10. The molecule has 3 nitrogen and oxygen atoms in total. The summed E-state index contributed by atoms with van der Waals surface area (Å²) < 4.78 is 11.7. The molecule has 0 bridgehead atoms. The molecule has 0 saturated carbocycles. The van der Waals surface area contributed by atoms with E-state index < -0.39 is 0 Å². The van der Waals surface area contributed by atoms with Crippen molar-refractivity contribution in [2.24, 2.45) is 5.73 Å². The molecular weight excluding hydrogens is 290 g/mol. The molecule has 0 spiro atoms. The van der Waals surface area contributed by atoms with Crippen LogP contribution in [0.3, 0.4) is 0 Å². The Labute approximate surface area is 109 Å². The van der Waals surface area contributed by atoms with Gasteiger partial charge >= 0.3 is 0 Å². The SMILES string of the molecule is CCCOc1c(OC)cc(Br)cc1C(N)=S. The van der Waals surface area contributed by atoms with E-state index in [2.05, 4.69) is 15.9 Å². The normalized spacial score (nSPS) is 9.94. The molecule has 0 radical (unpaired) electrons. The topological polar surface area (TPSA) is 44.5 Å². The van der Waals surface area contributed by atoms with Crippen molar-refractivity contribution in [3.05, 3.63) is 22.2 Å². The predicted octanol–water partition coefficient (Wildman–Crippen LogP) is 2.88. The van der Waals surface area contributed by atoms with Gasteiger partial charge in [-0.15, -0.1) is 0 Å². The molecule has 16 heavy (non-hydrogen) atoms. The molecule has 1 rings (SSSR count). The molecule has 0 aromatic heterocycles. The van der Waals surface area contributed by atoms with Gasteiger partial charge in [-0.05, 0) is 18.6 Å². The van der Waals surface area contributed by atoms with E-state index in [1.807, 2.05) is 19.1 Å². The number of hydrogen-bond acceptors (Lipinski definition) is 3. The average Bonchev–Trinajstić information content (AvgIpc) is 2.26. The van der Waals surface area contributed by atoms with E-state index in [0.29, 0.717) is 28.7 Å². The molecule has 0 unspecified atom stereocenters. The summed E-state index contributed by atoms with van der Waals surface area (Å²) in [7, 11) is 1.59. The van der Waals surface area contributed by atoms with Crippen LogP contribution in [-0.2, 0) is 0 Å². The van der Waals surface area contributed by atoms with E-state index in [-0.39, 0.29) is 0 Å². The van der Waals surface area contributed by atoms with Crippen LogP contribution in [0.4, 0.5) is 0 Å². The zero-order chi connectivity index (χ0) is 12.1. The Morgan fingerprint density at radius 2 is 2.19 bits per heavy atom. The van der Waals surface area contributed by atoms with E-state index in [9.17, 15) is 0 Å². The fraction of sp³-hybridized carbons (Fsp3) is 0.364. The van der Waals surface area contributed by atoms with Gasteiger partial charge in [-0.2, -0.15) is 0 Å². The molecule has 5 heteroatoms. The van der Waals surface area contributed by atoms with Gasteiger partial charge < -0.3 is 15.2 Å². The Balaban J connectivity index is 3.21. The maximum absolute atomic E-state index is 5.65. The summed E-state index contributed by atoms with van der Waals surface area (Å²) in [4.78, 5) is 0.297. The minimum Gasteiger partial charge on any atom is -0.493 e. The third-order valence-corrected chi connectivity index (χ3v) is 2.63. The van der Waals surface area contributed by atoms with Crippen molar-refractivity contribution in [3.63, 3.8) is 0 Å². The van der Waals surface area contributed by atoms with Crippen LogP contribution in [0.15, 0.2) is 16.6 Å². The maximum atomic E-state index is 5.65. The fourth-order valence-electron chi connectivity index (χ4n) is 1.26. The molecule has 0 fully saturated rings. The zero-order valence-corrected chi connectivity index (χ0v) is 11.7. The first-order valence-electron chi connectivity index (χ1n) is 4.90. The maximum Gasteiger partial charge on any atom is 0.171 e. The van der Waals surface area contributed by atoms with Crippen LogP contribution < -0.4 is 15.2 Å². The first kappa shape index (κ1) is 13.3.